The van der Waals surface area contributed by atoms with Crippen LogP contribution < -0.4 is 21.3 Å². The number of hydrogen-bond donors (Lipinski definition) is 0. The number of rotatable bonds is 3. The third-order valence-corrected chi connectivity index (χ3v) is 18.0. The zero-order valence-corrected chi connectivity index (χ0v) is 41.4. The van der Waals surface area contributed by atoms with Gasteiger partial charge in [0.1, 0.15) is 0 Å². The van der Waals surface area contributed by atoms with Crippen LogP contribution in [0.25, 0.3) is 121 Å². The Balaban J connectivity index is 1.02. The van der Waals surface area contributed by atoms with E-state index in [0.717, 1.165) is 11.4 Å². The van der Waals surface area contributed by atoms with Crippen LogP contribution in [-0.2, 0) is 5.41 Å². The van der Waals surface area contributed by atoms with Crippen LogP contribution in [0.4, 0.5) is 17.1 Å². The molecule has 0 saturated carbocycles. The monoisotopic (exact) mass is 949 g/mol. The van der Waals surface area contributed by atoms with Crippen LogP contribution in [-0.4, -0.2) is 15.8 Å². The molecule has 2 aliphatic heterocycles. The number of para-hydroxylation sites is 2. The third kappa shape index (κ3) is 4.98. The molecule has 4 aliphatic rings. The van der Waals surface area contributed by atoms with E-state index < -0.39 is 0 Å². The molecule has 14 aromatic rings. The molecule has 3 nitrogen and oxygen atoms in total. The second-order valence-corrected chi connectivity index (χ2v) is 21.9. The van der Waals surface area contributed by atoms with Gasteiger partial charge in [-0.25, -0.2) is 0 Å². The molecule has 0 unspecified atom stereocenters. The summed E-state index contributed by atoms with van der Waals surface area (Å²) >= 11 is 0. The lowest BCUT2D eigenvalue weighted by Crippen LogP contribution is -2.61. The molecule has 0 amide bonds. The molecule has 0 bridgehead atoms. The van der Waals surface area contributed by atoms with Gasteiger partial charge in [-0.3, -0.25) is 0 Å². The number of nitrogens with zero attached hydrogens (tertiary/aromatic N) is 3. The molecule has 75 heavy (non-hydrogen) atoms. The van der Waals surface area contributed by atoms with Gasteiger partial charge in [-0.1, -0.05) is 178 Å². The average molecular weight is 950 g/mol. The fourth-order valence-corrected chi connectivity index (χ4v) is 14.8. The van der Waals surface area contributed by atoms with Crippen LogP contribution in [0.2, 0.25) is 0 Å². The minimum Gasteiger partial charge on any atom is -0.311 e. The summed E-state index contributed by atoms with van der Waals surface area (Å²) in [5, 5.41) is 10.3. The third-order valence-electron chi connectivity index (χ3n) is 18.0. The van der Waals surface area contributed by atoms with Crippen molar-refractivity contribution in [3.63, 3.8) is 0 Å². The molecule has 0 fully saturated rings. The molecule has 4 heterocycles. The Labute approximate surface area is 433 Å². The first kappa shape index (κ1) is 40.1. The van der Waals surface area contributed by atoms with Gasteiger partial charge in [0, 0.05) is 55.2 Å². The molecule has 2 aromatic heterocycles. The molecule has 0 atom stereocenters. The van der Waals surface area contributed by atoms with Crippen molar-refractivity contribution in [2.24, 2.45) is 0 Å². The van der Waals surface area contributed by atoms with E-state index in [9.17, 15) is 0 Å². The lowest BCUT2D eigenvalue weighted by molar-refractivity contribution is 0.661. The molecule has 18 rings (SSSR count). The molecule has 4 heteroatoms. The SMILES string of the molecule is CC1(C)c2ccccc2-c2c1cc1c3cc(-c4ccc5ccccc5c4)ccc3n3c1c2B1c2ccccc2N(c2ccccc2)c2cc(-n4c5cccc6c5c5c7c(cccc7ccc54)-c4ccccc4-6)cc-3c21. The van der Waals surface area contributed by atoms with Gasteiger partial charge in [-0.2, -0.15) is 0 Å². The summed E-state index contributed by atoms with van der Waals surface area (Å²) in [6.07, 6.45) is 0. The summed E-state index contributed by atoms with van der Waals surface area (Å²) in [6, 6.07) is 87.7. The zero-order chi connectivity index (χ0) is 49.0. The summed E-state index contributed by atoms with van der Waals surface area (Å²) in [4.78, 5) is 2.56. The summed E-state index contributed by atoms with van der Waals surface area (Å²) in [6.45, 7) is 4.84. The highest BCUT2D eigenvalue weighted by molar-refractivity contribution is 7.01. The van der Waals surface area contributed by atoms with E-state index in [-0.39, 0.29) is 12.1 Å². The Kier molecular flexibility index (Phi) is 7.50. The smallest absolute Gasteiger partial charge is 0.252 e. The quantitative estimate of drug-likeness (QED) is 0.161. The maximum absolute atomic E-state index is 2.68. The van der Waals surface area contributed by atoms with Crippen LogP contribution in [0.3, 0.4) is 0 Å². The van der Waals surface area contributed by atoms with Crippen molar-refractivity contribution in [1.82, 2.24) is 9.13 Å². The largest absolute Gasteiger partial charge is 0.311 e. The van der Waals surface area contributed by atoms with E-state index in [2.05, 4.69) is 258 Å². The first-order chi connectivity index (χ1) is 37.0. The van der Waals surface area contributed by atoms with Crippen LogP contribution in [0, 0.1) is 0 Å². The van der Waals surface area contributed by atoms with Crippen LogP contribution in [0.15, 0.2) is 231 Å². The number of anilines is 3. The number of aromatic nitrogens is 2. The van der Waals surface area contributed by atoms with Gasteiger partial charge in [0.2, 0.25) is 0 Å². The summed E-state index contributed by atoms with van der Waals surface area (Å²) in [5.74, 6) is 0. The molecule has 0 saturated heterocycles. The van der Waals surface area contributed by atoms with Gasteiger partial charge in [-0.15, -0.1) is 0 Å². The van der Waals surface area contributed by atoms with E-state index in [1.165, 1.54) is 154 Å². The molecule has 12 aromatic carbocycles. The normalized spacial score (nSPS) is 14.1. The minimum atomic E-state index is -0.208. The van der Waals surface area contributed by atoms with Crippen LogP contribution in [0.5, 0.6) is 0 Å². The molecular weight excluding hydrogens is 906 g/mol. The molecule has 2 aliphatic carbocycles. The van der Waals surface area contributed by atoms with Gasteiger partial charge in [0.25, 0.3) is 6.71 Å². The molecule has 0 radical (unpaired) electrons. The Morgan fingerprint density at radius 2 is 1.00 bits per heavy atom. The van der Waals surface area contributed by atoms with Crippen molar-refractivity contribution in [2.75, 3.05) is 4.90 Å². The zero-order valence-electron chi connectivity index (χ0n) is 41.4. The predicted molar refractivity (Wildman–Crippen MR) is 317 cm³/mol. The van der Waals surface area contributed by atoms with E-state index in [1.54, 1.807) is 0 Å². The molecule has 0 N–H and O–H groups in total. The van der Waals surface area contributed by atoms with Gasteiger partial charge in [0.05, 0.1) is 22.2 Å². The number of benzene rings is 12. The fourth-order valence-electron chi connectivity index (χ4n) is 14.8. The predicted octanol–water partition coefficient (Wildman–Crippen LogP) is 16.4. The standard InChI is InChI=1S/C71H44BN3/c1-71(2)55-26-11-10-23-52(55)65-56(71)40-54-53-37-45(44-31-30-41-16-6-7-17-43(41)36-44)33-34-58(53)75-63-39-47(38-62-68(63)72(69(65)70(54)75)57-27-12-13-28-59(57)73(62)46-19-4-3-5-20-46)74-60-29-15-25-51-49-22-9-8-21-48(49)50-24-14-18-42-32-35-61(74)67(64(42)50)66(51)60/h3-40H,1-2H3. The summed E-state index contributed by atoms with van der Waals surface area (Å²) in [5.41, 5.74) is 27.9. The van der Waals surface area contributed by atoms with E-state index in [0.29, 0.717) is 0 Å². The summed E-state index contributed by atoms with van der Waals surface area (Å²) < 4.78 is 5.27. The summed E-state index contributed by atoms with van der Waals surface area (Å²) in [7, 11) is 0. The van der Waals surface area contributed by atoms with Gasteiger partial charge >= 0.3 is 0 Å². The Hall–Kier alpha value is -9.38. The van der Waals surface area contributed by atoms with Crippen molar-refractivity contribution in [3.8, 4) is 55.9 Å². The van der Waals surface area contributed by atoms with Crippen molar-refractivity contribution >= 4 is 105 Å². The van der Waals surface area contributed by atoms with Gasteiger partial charge < -0.3 is 14.0 Å². The van der Waals surface area contributed by atoms with E-state index >= 15 is 0 Å². The van der Waals surface area contributed by atoms with Crippen molar-refractivity contribution in [3.05, 3.63) is 242 Å². The minimum absolute atomic E-state index is 0.0465. The highest BCUT2D eigenvalue weighted by Gasteiger charge is 2.47. The maximum Gasteiger partial charge on any atom is 0.252 e. The average Bonchev–Trinajstić information content (AvgIpc) is 4.05. The maximum atomic E-state index is 2.68. The Morgan fingerprint density at radius 3 is 1.87 bits per heavy atom. The highest BCUT2D eigenvalue weighted by atomic mass is 15.2. The van der Waals surface area contributed by atoms with E-state index in [1.807, 2.05) is 0 Å². The van der Waals surface area contributed by atoms with Crippen molar-refractivity contribution in [2.45, 2.75) is 19.3 Å². The first-order valence-electron chi connectivity index (χ1n) is 26.5. The Morgan fingerprint density at radius 1 is 0.360 bits per heavy atom. The lowest BCUT2D eigenvalue weighted by Gasteiger charge is -2.41. The van der Waals surface area contributed by atoms with E-state index in [4.69, 9.17) is 0 Å². The van der Waals surface area contributed by atoms with Gasteiger partial charge in [-0.05, 0) is 160 Å². The highest BCUT2D eigenvalue weighted by Crippen LogP contribution is 2.54. The van der Waals surface area contributed by atoms with Crippen molar-refractivity contribution in [1.29, 1.82) is 0 Å². The Bertz CT molecular complexity index is 4940. The van der Waals surface area contributed by atoms with Gasteiger partial charge in [0.15, 0.2) is 0 Å². The van der Waals surface area contributed by atoms with Crippen LogP contribution in [0.1, 0.15) is 25.0 Å². The molecular formula is C71H44BN3. The molecule has 0 spiro atoms. The molecule has 346 valence electrons. The first-order valence-corrected chi connectivity index (χ1v) is 26.5. The fraction of sp³-hybridized carbons (Fsp3) is 0.0423. The number of hydrogen-bond acceptors (Lipinski definition) is 1. The lowest BCUT2D eigenvalue weighted by atomic mass is 9.33. The van der Waals surface area contributed by atoms with Crippen LogP contribution >= 0.6 is 0 Å². The topological polar surface area (TPSA) is 13.1 Å². The van der Waals surface area contributed by atoms with Crippen molar-refractivity contribution < 1.29 is 0 Å². The number of fused-ring (bicyclic) bond motifs is 15. The second kappa shape index (κ2) is 14.0. The second-order valence-electron chi connectivity index (χ2n) is 21.9.